The molecule has 1 aromatic heterocycles. The predicted molar refractivity (Wildman–Crippen MR) is 68.1 cm³/mol. The fraction of sp³-hybridized carbons (Fsp3) is 0.250. The lowest BCUT2D eigenvalue weighted by molar-refractivity contribution is 0.947. The van der Waals surface area contributed by atoms with Gasteiger partial charge in [0.15, 0.2) is 0 Å². The first-order valence-corrected chi connectivity index (χ1v) is 5.64. The Morgan fingerprint density at radius 2 is 2.25 bits per heavy atom. The summed E-state index contributed by atoms with van der Waals surface area (Å²) >= 11 is 6.17. The maximum absolute atomic E-state index is 6.18. The number of nitrogens with zero attached hydrogens (tertiary/aromatic N) is 2. The molecule has 4 heteroatoms. The highest BCUT2D eigenvalue weighted by Crippen LogP contribution is 2.37. The van der Waals surface area contributed by atoms with Gasteiger partial charge in [-0.15, -0.1) is 0 Å². The highest BCUT2D eigenvalue weighted by molar-refractivity contribution is 6.36. The number of nitrogen functional groups attached to an aromatic ring is 1. The van der Waals surface area contributed by atoms with E-state index in [0.29, 0.717) is 5.02 Å². The Morgan fingerprint density at radius 3 is 3.06 bits per heavy atom. The summed E-state index contributed by atoms with van der Waals surface area (Å²) in [6, 6.07) is 5.70. The first-order valence-electron chi connectivity index (χ1n) is 5.26. The minimum Gasteiger partial charge on any atom is -0.398 e. The van der Waals surface area contributed by atoms with Gasteiger partial charge in [-0.05, 0) is 18.6 Å². The number of fused-ring (bicyclic) bond motifs is 2. The van der Waals surface area contributed by atoms with E-state index in [-0.39, 0.29) is 0 Å². The summed E-state index contributed by atoms with van der Waals surface area (Å²) in [7, 11) is 2.04. The fourth-order valence-electron chi connectivity index (χ4n) is 2.27. The number of aromatic nitrogens is 1. The molecule has 2 heterocycles. The van der Waals surface area contributed by atoms with Crippen LogP contribution in [0.15, 0.2) is 18.2 Å². The molecule has 1 aromatic carbocycles. The van der Waals surface area contributed by atoms with E-state index in [4.69, 9.17) is 17.3 Å². The second kappa shape index (κ2) is 3.25. The van der Waals surface area contributed by atoms with Crippen LogP contribution in [0.4, 0.5) is 11.5 Å². The second-order valence-corrected chi connectivity index (χ2v) is 4.54. The Hall–Kier alpha value is -1.48. The number of hydrogen-bond donors (Lipinski definition) is 1. The minimum absolute atomic E-state index is 0.680. The van der Waals surface area contributed by atoms with Crippen LogP contribution in [0.1, 0.15) is 5.56 Å². The maximum atomic E-state index is 6.18. The number of rotatable bonds is 0. The standard InChI is InChI=1S/C12H12ClN3/c1-16-6-5-7-11(14)10-8(13)3-2-4-9(10)15-12(7)16/h2-4H,5-6H2,1H3,(H2,14,15). The highest BCUT2D eigenvalue weighted by Gasteiger charge is 2.22. The van der Waals surface area contributed by atoms with Crippen LogP contribution in [0.25, 0.3) is 10.9 Å². The molecular weight excluding hydrogens is 222 g/mol. The van der Waals surface area contributed by atoms with Crippen molar-refractivity contribution in [3.8, 4) is 0 Å². The minimum atomic E-state index is 0.680. The third-order valence-corrected chi connectivity index (χ3v) is 3.46. The summed E-state index contributed by atoms with van der Waals surface area (Å²) in [5.74, 6) is 0.993. The van der Waals surface area contributed by atoms with E-state index in [1.165, 1.54) is 0 Å². The van der Waals surface area contributed by atoms with Crippen LogP contribution >= 0.6 is 11.6 Å². The van der Waals surface area contributed by atoms with Crippen molar-refractivity contribution < 1.29 is 0 Å². The number of hydrogen-bond acceptors (Lipinski definition) is 3. The molecule has 0 spiro atoms. The number of nitrogens with two attached hydrogens (primary N) is 1. The van der Waals surface area contributed by atoms with Crippen LogP contribution in [0.3, 0.4) is 0 Å². The zero-order valence-corrected chi connectivity index (χ0v) is 9.75. The number of likely N-dealkylation sites (N-methyl/N-ethyl adjacent to an activating group) is 1. The SMILES string of the molecule is CN1CCc2c1nc1cccc(Cl)c1c2N. The number of halogens is 1. The van der Waals surface area contributed by atoms with Crippen LogP contribution in [-0.4, -0.2) is 18.6 Å². The molecule has 0 radical (unpaired) electrons. The Morgan fingerprint density at radius 1 is 1.44 bits per heavy atom. The van der Waals surface area contributed by atoms with Crippen molar-refractivity contribution in [3.63, 3.8) is 0 Å². The average molecular weight is 234 g/mol. The van der Waals surface area contributed by atoms with E-state index in [1.807, 2.05) is 25.2 Å². The monoisotopic (exact) mass is 233 g/mol. The molecule has 3 nitrogen and oxygen atoms in total. The summed E-state index contributed by atoms with van der Waals surface area (Å²) < 4.78 is 0. The molecule has 0 atom stereocenters. The number of anilines is 2. The molecule has 3 rings (SSSR count). The molecule has 0 amide bonds. The lowest BCUT2D eigenvalue weighted by Crippen LogP contribution is -2.13. The predicted octanol–water partition coefficient (Wildman–Crippen LogP) is 2.46. The van der Waals surface area contributed by atoms with Gasteiger partial charge in [-0.2, -0.15) is 0 Å². The van der Waals surface area contributed by atoms with Crippen LogP contribution in [0.5, 0.6) is 0 Å². The average Bonchev–Trinajstić information content (AvgIpc) is 2.61. The Kier molecular flexibility index (Phi) is 1.98. The summed E-state index contributed by atoms with van der Waals surface area (Å²) in [6.07, 6.45) is 0.950. The molecule has 2 aromatic rings. The van der Waals surface area contributed by atoms with Gasteiger partial charge < -0.3 is 10.6 Å². The molecule has 0 aliphatic carbocycles. The van der Waals surface area contributed by atoms with Gasteiger partial charge in [-0.3, -0.25) is 0 Å². The fourth-order valence-corrected chi connectivity index (χ4v) is 2.54. The van der Waals surface area contributed by atoms with Crippen molar-refractivity contribution in [3.05, 3.63) is 28.8 Å². The van der Waals surface area contributed by atoms with Crippen LogP contribution in [0.2, 0.25) is 5.02 Å². The molecule has 0 fully saturated rings. The van der Waals surface area contributed by atoms with Gasteiger partial charge in [0.05, 0.1) is 10.5 Å². The van der Waals surface area contributed by atoms with Gasteiger partial charge in [-0.1, -0.05) is 17.7 Å². The van der Waals surface area contributed by atoms with E-state index in [1.54, 1.807) is 0 Å². The lowest BCUT2D eigenvalue weighted by Gasteiger charge is -2.13. The van der Waals surface area contributed by atoms with E-state index in [9.17, 15) is 0 Å². The van der Waals surface area contributed by atoms with Crippen molar-refractivity contribution >= 4 is 34.0 Å². The third-order valence-electron chi connectivity index (χ3n) is 3.14. The Bertz CT molecular complexity index is 580. The topological polar surface area (TPSA) is 42.2 Å². The Labute approximate surface area is 98.8 Å². The van der Waals surface area contributed by atoms with Gasteiger partial charge in [0.25, 0.3) is 0 Å². The lowest BCUT2D eigenvalue weighted by atomic mass is 10.1. The maximum Gasteiger partial charge on any atom is 0.134 e. The second-order valence-electron chi connectivity index (χ2n) is 4.13. The van der Waals surface area contributed by atoms with Gasteiger partial charge in [0.2, 0.25) is 0 Å². The first kappa shape index (κ1) is 9.73. The van der Waals surface area contributed by atoms with Crippen molar-refractivity contribution in [2.24, 2.45) is 0 Å². The van der Waals surface area contributed by atoms with E-state index in [0.717, 1.165) is 40.9 Å². The summed E-state index contributed by atoms with van der Waals surface area (Å²) in [6.45, 7) is 0.973. The van der Waals surface area contributed by atoms with Gasteiger partial charge >= 0.3 is 0 Å². The zero-order chi connectivity index (χ0) is 11.3. The molecular formula is C12H12ClN3. The van der Waals surface area contributed by atoms with Crippen molar-refractivity contribution in [2.45, 2.75) is 6.42 Å². The van der Waals surface area contributed by atoms with Gasteiger partial charge in [0.1, 0.15) is 5.82 Å². The molecule has 0 saturated heterocycles. The largest absolute Gasteiger partial charge is 0.398 e. The molecule has 1 aliphatic heterocycles. The molecule has 82 valence electrons. The molecule has 2 N–H and O–H groups in total. The first-order chi connectivity index (χ1) is 7.68. The Balaban J connectivity index is 2.44. The van der Waals surface area contributed by atoms with Gasteiger partial charge in [-0.25, -0.2) is 4.98 Å². The molecule has 0 saturated carbocycles. The van der Waals surface area contributed by atoms with E-state index < -0.39 is 0 Å². The smallest absolute Gasteiger partial charge is 0.134 e. The number of pyridine rings is 1. The van der Waals surface area contributed by atoms with Crippen LogP contribution < -0.4 is 10.6 Å². The molecule has 1 aliphatic rings. The summed E-state index contributed by atoms with van der Waals surface area (Å²) in [4.78, 5) is 6.75. The molecule has 0 unspecified atom stereocenters. The normalized spacial score (nSPS) is 14.5. The molecule has 16 heavy (non-hydrogen) atoms. The summed E-state index contributed by atoms with van der Waals surface area (Å²) in [5.41, 5.74) is 8.97. The quantitative estimate of drug-likeness (QED) is 0.760. The molecule has 0 bridgehead atoms. The van der Waals surface area contributed by atoms with Crippen molar-refractivity contribution in [1.82, 2.24) is 4.98 Å². The van der Waals surface area contributed by atoms with E-state index in [2.05, 4.69) is 9.88 Å². The van der Waals surface area contributed by atoms with Crippen molar-refractivity contribution in [2.75, 3.05) is 24.2 Å². The van der Waals surface area contributed by atoms with Gasteiger partial charge in [0, 0.05) is 30.2 Å². The number of benzene rings is 1. The van der Waals surface area contributed by atoms with Crippen LogP contribution in [-0.2, 0) is 6.42 Å². The highest BCUT2D eigenvalue weighted by atomic mass is 35.5. The summed E-state index contributed by atoms with van der Waals surface area (Å²) in [5, 5.41) is 1.57. The van der Waals surface area contributed by atoms with Crippen molar-refractivity contribution in [1.29, 1.82) is 0 Å². The van der Waals surface area contributed by atoms with E-state index >= 15 is 0 Å². The zero-order valence-electron chi connectivity index (χ0n) is 9.00. The third kappa shape index (κ3) is 1.18. The van der Waals surface area contributed by atoms with Crippen LogP contribution in [0, 0.1) is 0 Å².